The largest absolute Gasteiger partial charge is 0.416 e. The summed E-state index contributed by atoms with van der Waals surface area (Å²) in [6.07, 6.45) is -3.01. The second kappa shape index (κ2) is 6.95. The zero-order valence-corrected chi connectivity index (χ0v) is 14.8. The smallest absolute Gasteiger partial charge is 0.338 e. The lowest BCUT2D eigenvalue weighted by molar-refractivity contribution is -0.137. The van der Waals surface area contributed by atoms with E-state index in [1.807, 2.05) is 0 Å². The maximum absolute atomic E-state index is 12.7. The van der Waals surface area contributed by atoms with Gasteiger partial charge in [0.25, 0.3) is 0 Å². The molecule has 0 bridgehead atoms. The molecule has 134 valence electrons. The molecule has 0 fully saturated rings. The van der Waals surface area contributed by atoms with Crippen LogP contribution in [0, 0.1) is 0 Å². The number of halogens is 4. The summed E-state index contributed by atoms with van der Waals surface area (Å²) in [4.78, 5) is 24.2. The molecule has 4 nitrogen and oxygen atoms in total. The van der Waals surface area contributed by atoms with E-state index >= 15 is 0 Å². The number of alkyl halides is 3. The molecule has 3 rings (SSSR count). The third kappa shape index (κ3) is 3.96. The Morgan fingerprint density at radius 3 is 2.62 bits per heavy atom. The molecule has 1 aromatic heterocycles. The summed E-state index contributed by atoms with van der Waals surface area (Å²) < 4.78 is 40.5. The topological polar surface area (TPSA) is 51.1 Å². The fourth-order valence-electron chi connectivity index (χ4n) is 2.55. The van der Waals surface area contributed by atoms with E-state index < -0.39 is 17.6 Å². The number of nitrogens with one attached hydrogen (secondary N) is 1. The van der Waals surface area contributed by atoms with Crippen molar-refractivity contribution in [2.24, 2.45) is 0 Å². The predicted molar refractivity (Wildman–Crippen MR) is 96.0 cm³/mol. The molecule has 0 radical (unpaired) electrons. The van der Waals surface area contributed by atoms with Gasteiger partial charge in [-0.2, -0.15) is 13.2 Å². The maximum atomic E-state index is 12.7. The molecule has 0 atom stereocenters. The molecule has 3 aromatic rings. The molecule has 0 spiro atoms. The average Bonchev–Trinajstić information content (AvgIpc) is 2.57. The number of carbonyl (C=O) groups excluding carboxylic acids is 1. The third-order valence-corrected chi connectivity index (χ3v) is 4.22. The Morgan fingerprint density at radius 1 is 1.12 bits per heavy atom. The van der Waals surface area contributed by atoms with Crippen LogP contribution in [0.5, 0.6) is 0 Å². The van der Waals surface area contributed by atoms with E-state index in [-0.39, 0.29) is 17.7 Å². The Bertz CT molecular complexity index is 1040. The van der Waals surface area contributed by atoms with Crippen LogP contribution >= 0.6 is 15.9 Å². The van der Waals surface area contributed by atoms with Gasteiger partial charge in [0.2, 0.25) is 5.91 Å². The first-order valence-corrected chi connectivity index (χ1v) is 8.29. The van der Waals surface area contributed by atoms with Gasteiger partial charge in [0.1, 0.15) is 6.54 Å². The Labute approximate surface area is 154 Å². The van der Waals surface area contributed by atoms with Crippen molar-refractivity contribution in [3.63, 3.8) is 0 Å². The molecule has 0 aliphatic rings. The van der Waals surface area contributed by atoms with Crippen LogP contribution in [0.2, 0.25) is 0 Å². The van der Waals surface area contributed by atoms with Crippen molar-refractivity contribution in [2.45, 2.75) is 12.7 Å². The van der Waals surface area contributed by atoms with E-state index in [0.717, 1.165) is 16.6 Å². The number of anilines is 1. The number of hydrogen-bond acceptors (Lipinski definition) is 2. The van der Waals surface area contributed by atoms with E-state index in [9.17, 15) is 22.8 Å². The van der Waals surface area contributed by atoms with Crippen molar-refractivity contribution < 1.29 is 18.0 Å². The van der Waals surface area contributed by atoms with Crippen LogP contribution in [0.3, 0.4) is 0 Å². The number of benzene rings is 2. The molecular formula is C18H12BrF3N2O2. The summed E-state index contributed by atoms with van der Waals surface area (Å²) in [7, 11) is 0. The van der Waals surface area contributed by atoms with Gasteiger partial charge in [-0.15, -0.1) is 0 Å². The van der Waals surface area contributed by atoms with Gasteiger partial charge in [-0.05, 0) is 36.4 Å². The fraction of sp³-hybridized carbons (Fsp3) is 0.111. The van der Waals surface area contributed by atoms with Crippen molar-refractivity contribution in [1.82, 2.24) is 4.57 Å². The standard InChI is InChI=1S/C18H12BrF3N2O2/c19-12-4-5-15-14(9-12)16(25)6-7-24(15)10-17(26)23-13-3-1-2-11(8-13)18(20,21)22/h1-9H,10H2,(H,23,26). The van der Waals surface area contributed by atoms with Crippen molar-refractivity contribution in [3.8, 4) is 0 Å². The highest BCUT2D eigenvalue weighted by Crippen LogP contribution is 2.30. The van der Waals surface area contributed by atoms with Crippen molar-refractivity contribution in [2.75, 3.05) is 5.32 Å². The summed E-state index contributed by atoms with van der Waals surface area (Å²) in [5, 5.41) is 2.89. The van der Waals surface area contributed by atoms with Crippen molar-refractivity contribution in [3.05, 3.63) is 75.0 Å². The minimum Gasteiger partial charge on any atom is -0.338 e. The lowest BCUT2D eigenvalue weighted by Gasteiger charge is -2.12. The first-order valence-electron chi connectivity index (χ1n) is 7.50. The molecule has 0 aliphatic heterocycles. The minimum atomic E-state index is -4.48. The zero-order chi connectivity index (χ0) is 18.9. The van der Waals surface area contributed by atoms with Gasteiger partial charge in [-0.25, -0.2) is 0 Å². The predicted octanol–water partition coefficient (Wildman–Crippen LogP) is 4.42. The van der Waals surface area contributed by atoms with Crippen LogP contribution in [-0.4, -0.2) is 10.5 Å². The lowest BCUT2D eigenvalue weighted by Crippen LogP contribution is -2.20. The lowest BCUT2D eigenvalue weighted by atomic mass is 10.2. The van der Waals surface area contributed by atoms with Gasteiger partial charge >= 0.3 is 6.18 Å². The number of rotatable bonds is 3. The van der Waals surface area contributed by atoms with Crippen LogP contribution in [0.4, 0.5) is 18.9 Å². The molecule has 2 aromatic carbocycles. The molecule has 1 heterocycles. The summed E-state index contributed by atoms with van der Waals surface area (Å²) in [6, 6.07) is 10.8. The summed E-state index contributed by atoms with van der Waals surface area (Å²) in [5.41, 5.74) is -0.414. The highest BCUT2D eigenvalue weighted by molar-refractivity contribution is 9.10. The number of aromatic nitrogens is 1. The van der Waals surface area contributed by atoms with E-state index in [0.29, 0.717) is 10.9 Å². The monoisotopic (exact) mass is 424 g/mol. The zero-order valence-electron chi connectivity index (χ0n) is 13.2. The first-order chi connectivity index (χ1) is 12.2. The molecule has 26 heavy (non-hydrogen) atoms. The highest BCUT2D eigenvalue weighted by Gasteiger charge is 2.30. The minimum absolute atomic E-state index is 0.0536. The molecule has 0 aliphatic carbocycles. The van der Waals surface area contributed by atoms with E-state index in [1.165, 1.54) is 24.4 Å². The van der Waals surface area contributed by atoms with Crippen LogP contribution in [0.1, 0.15) is 5.56 Å². The van der Waals surface area contributed by atoms with Gasteiger partial charge in [-0.3, -0.25) is 9.59 Å². The van der Waals surface area contributed by atoms with Crippen LogP contribution in [0.15, 0.2) is 64.0 Å². The maximum Gasteiger partial charge on any atom is 0.416 e. The molecule has 0 unspecified atom stereocenters. The van der Waals surface area contributed by atoms with Crippen LogP contribution in [-0.2, 0) is 17.5 Å². The summed E-state index contributed by atoms with van der Waals surface area (Å²) in [6.45, 7) is -0.144. The fourth-order valence-corrected chi connectivity index (χ4v) is 2.91. The Hall–Kier alpha value is -2.61. The van der Waals surface area contributed by atoms with Gasteiger partial charge in [0.05, 0.1) is 11.1 Å². The molecule has 8 heteroatoms. The van der Waals surface area contributed by atoms with E-state index in [1.54, 1.807) is 22.8 Å². The van der Waals surface area contributed by atoms with Gasteiger partial charge in [0, 0.05) is 27.8 Å². The molecule has 1 N–H and O–H groups in total. The summed E-state index contributed by atoms with van der Waals surface area (Å²) >= 11 is 3.29. The highest BCUT2D eigenvalue weighted by atomic mass is 79.9. The normalized spacial score (nSPS) is 11.5. The second-order valence-electron chi connectivity index (χ2n) is 5.60. The Morgan fingerprint density at radius 2 is 1.88 bits per heavy atom. The Kier molecular flexibility index (Phi) is 4.86. The van der Waals surface area contributed by atoms with Crippen molar-refractivity contribution >= 4 is 38.4 Å². The van der Waals surface area contributed by atoms with Gasteiger partial charge in [-0.1, -0.05) is 22.0 Å². The molecule has 0 saturated carbocycles. The van der Waals surface area contributed by atoms with E-state index in [2.05, 4.69) is 21.2 Å². The first kappa shape index (κ1) is 18.2. The second-order valence-corrected chi connectivity index (χ2v) is 6.51. The average molecular weight is 425 g/mol. The number of fused-ring (bicyclic) bond motifs is 1. The summed E-state index contributed by atoms with van der Waals surface area (Å²) in [5.74, 6) is -0.503. The number of carbonyl (C=O) groups is 1. The third-order valence-electron chi connectivity index (χ3n) is 3.73. The Balaban J connectivity index is 1.84. The SMILES string of the molecule is O=C(Cn1ccc(=O)c2cc(Br)ccc21)Nc1cccc(C(F)(F)F)c1. The molecule has 1 amide bonds. The van der Waals surface area contributed by atoms with Crippen LogP contribution < -0.4 is 10.7 Å². The van der Waals surface area contributed by atoms with Crippen molar-refractivity contribution in [1.29, 1.82) is 0 Å². The number of pyridine rings is 1. The number of nitrogens with zero attached hydrogens (tertiary/aromatic N) is 1. The van der Waals surface area contributed by atoms with Gasteiger partial charge < -0.3 is 9.88 Å². The van der Waals surface area contributed by atoms with E-state index in [4.69, 9.17) is 0 Å². The van der Waals surface area contributed by atoms with Crippen LogP contribution in [0.25, 0.3) is 10.9 Å². The number of hydrogen-bond donors (Lipinski definition) is 1. The number of amides is 1. The van der Waals surface area contributed by atoms with Gasteiger partial charge in [0.15, 0.2) is 5.43 Å². The quantitative estimate of drug-likeness (QED) is 0.676. The molecular weight excluding hydrogens is 413 g/mol. The molecule has 0 saturated heterocycles.